The molecule has 41 heavy (non-hydrogen) atoms. The summed E-state index contributed by atoms with van der Waals surface area (Å²) in [6.45, 7) is 0.262. The third-order valence-corrected chi connectivity index (χ3v) is 6.84. The van der Waals surface area contributed by atoms with Crippen LogP contribution in [0, 0.1) is 0 Å². The maximum Gasteiger partial charge on any atom is 0.326 e. The number of carbonyl (C=O) groups is 5. The summed E-state index contributed by atoms with van der Waals surface area (Å²) in [4.78, 5) is 70.6. The minimum absolute atomic E-state index is 0.0452. The van der Waals surface area contributed by atoms with E-state index in [-0.39, 0.29) is 44.7 Å². The number of nitrogens with two attached hydrogens (primary N) is 3. The molecule has 222 valence electrons. The van der Waals surface area contributed by atoms with Crippen LogP contribution < -0.4 is 27.8 Å². The molecule has 15 nitrogen and oxygen atoms in total. The average molecular weight is 573 g/mol. The maximum atomic E-state index is 13.3. The van der Waals surface area contributed by atoms with Gasteiger partial charge in [0.15, 0.2) is 5.96 Å². The first kappa shape index (κ1) is 30.9. The summed E-state index contributed by atoms with van der Waals surface area (Å²) >= 11 is 0. The van der Waals surface area contributed by atoms with E-state index in [1.54, 1.807) is 6.20 Å². The zero-order valence-corrected chi connectivity index (χ0v) is 22.4. The minimum Gasteiger partial charge on any atom is -0.481 e. The molecular formula is C26H36N8O7. The fourth-order valence-electron chi connectivity index (χ4n) is 4.82. The largest absolute Gasteiger partial charge is 0.481 e. The number of aliphatic imine (C=N–C) groups is 1. The Morgan fingerprint density at radius 1 is 1.07 bits per heavy atom. The third-order valence-electron chi connectivity index (χ3n) is 6.84. The van der Waals surface area contributed by atoms with Crippen molar-refractivity contribution < 1.29 is 34.2 Å². The molecule has 0 saturated carbocycles. The van der Waals surface area contributed by atoms with E-state index in [1.807, 2.05) is 24.3 Å². The summed E-state index contributed by atoms with van der Waals surface area (Å²) in [5.74, 6) is -5.03. The second kappa shape index (κ2) is 14.1. The molecule has 0 radical (unpaired) electrons. The quantitative estimate of drug-likeness (QED) is 0.0746. The number of aromatic amines is 1. The third kappa shape index (κ3) is 8.41. The van der Waals surface area contributed by atoms with Crippen molar-refractivity contribution in [3.63, 3.8) is 0 Å². The predicted octanol–water partition coefficient (Wildman–Crippen LogP) is -1.39. The van der Waals surface area contributed by atoms with Gasteiger partial charge in [-0.3, -0.25) is 24.2 Å². The summed E-state index contributed by atoms with van der Waals surface area (Å²) in [6.07, 6.45) is 2.09. The van der Waals surface area contributed by atoms with Crippen LogP contribution >= 0.6 is 0 Å². The summed E-state index contributed by atoms with van der Waals surface area (Å²) < 4.78 is 0. The van der Waals surface area contributed by atoms with Gasteiger partial charge in [-0.25, -0.2) is 4.79 Å². The highest BCUT2D eigenvalue weighted by Gasteiger charge is 2.39. The van der Waals surface area contributed by atoms with Crippen LogP contribution in [0.2, 0.25) is 0 Å². The first-order valence-corrected chi connectivity index (χ1v) is 13.2. The van der Waals surface area contributed by atoms with Crippen molar-refractivity contribution in [2.75, 3.05) is 13.1 Å². The number of benzene rings is 1. The normalized spacial score (nSPS) is 16.9. The van der Waals surface area contributed by atoms with E-state index in [0.29, 0.717) is 6.42 Å². The second-order valence-electron chi connectivity index (χ2n) is 9.87. The number of hydrogen-bond acceptors (Lipinski definition) is 7. The van der Waals surface area contributed by atoms with Gasteiger partial charge in [0.2, 0.25) is 17.7 Å². The Hall–Kier alpha value is -4.66. The van der Waals surface area contributed by atoms with E-state index in [2.05, 4.69) is 20.6 Å². The highest BCUT2D eigenvalue weighted by atomic mass is 16.4. The van der Waals surface area contributed by atoms with Crippen LogP contribution in [0.4, 0.5) is 0 Å². The highest BCUT2D eigenvalue weighted by Crippen LogP contribution is 2.20. The van der Waals surface area contributed by atoms with Crippen LogP contribution in [0.25, 0.3) is 10.9 Å². The Morgan fingerprint density at radius 3 is 2.46 bits per heavy atom. The highest BCUT2D eigenvalue weighted by molar-refractivity contribution is 5.96. The van der Waals surface area contributed by atoms with Crippen LogP contribution in [0.1, 0.15) is 37.7 Å². The Morgan fingerprint density at radius 2 is 1.78 bits per heavy atom. The molecule has 1 aliphatic heterocycles. The lowest BCUT2D eigenvalue weighted by atomic mass is 10.0. The summed E-state index contributed by atoms with van der Waals surface area (Å²) in [6, 6.07) is 2.61. The van der Waals surface area contributed by atoms with Crippen LogP contribution in [-0.4, -0.2) is 93.0 Å². The number of nitrogens with one attached hydrogen (secondary N) is 3. The number of aromatic nitrogens is 1. The van der Waals surface area contributed by atoms with Gasteiger partial charge in [-0.1, -0.05) is 18.2 Å². The van der Waals surface area contributed by atoms with Gasteiger partial charge < -0.3 is 47.9 Å². The van der Waals surface area contributed by atoms with E-state index < -0.39 is 60.2 Å². The van der Waals surface area contributed by atoms with Crippen molar-refractivity contribution in [2.45, 2.75) is 62.7 Å². The van der Waals surface area contributed by atoms with E-state index >= 15 is 0 Å². The Kier molecular flexibility index (Phi) is 10.6. The molecule has 4 unspecified atom stereocenters. The summed E-state index contributed by atoms with van der Waals surface area (Å²) in [5, 5.41) is 24.7. The molecule has 4 atom stereocenters. The number of para-hydroxylation sites is 1. The zero-order chi connectivity index (χ0) is 30.1. The fourth-order valence-corrected chi connectivity index (χ4v) is 4.82. The van der Waals surface area contributed by atoms with Crippen molar-refractivity contribution in [2.24, 2.45) is 22.2 Å². The second-order valence-corrected chi connectivity index (χ2v) is 9.87. The lowest BCUT2D eigenvalue weighted by Crippen LogP contribution is -2.57. The fraction of sp³-hybridized carbons (Fsp3) is 0.462. The average Bonchev–Trinajstić information content (AvgIpc) is 3.57. The molecular weight excluding hydrogens is 536 g/mol. The monoisotopic (exact) mass is 572 g/mol. The van der Waals surface area contributed by atoms with Gasteiger partial charge in [0.05, 0.1) is 12.5 Å². The first-order valence-electron chi connectivity index (χ1n) is 13.2. The van der Waals surface area contributed by atoms with Gasteiger partial charge in [0.25, 0.3) is 0 Å². The number of hydrogen-bond donors (Lipinski definition) is 8. The standard InChI is InChI=1S/C26H36N8O7/c27-16(11-14-13-31-17-6-2-1-5-15(14)17)22(37)32-18(7-3-9-30-26(28)29)23(38)33-19(12-21(35)36)24(39)34-10-4-8-20(34)25(40)41/h1-2,5-6,13,16,18-20,31H,3-4,7-12,27H2,(H,32,37)(H,33,38)(H,35,36)(H,40,41)(H4,28,29,30). The molecule has 0 aliphatic carbocycles. The lowest BCUT2D eigenvalue weighted by Gasteiger charge is -2.28. The van der Waals surface area contributed by atoms with Gasteiger partial charge in [-0.05, 0) is 43.7 Å². The first-order chi connectivity index (χ1) is 19.5. The van der Waals surface area contributed by atoms with Crippen molar-refractivity contribution in [1.82, 2.24) is 20.5 Å². The number of carboxylic acids is 2. The number of aliphatic carboxylic acids is 2. The molecule has 3 amide bonds. The Balaban J connectivity index is 1.74. The number of rotatable bonds is 14. The van der Waals surface area contributed by atoms with Gasteiger partial charge in [0, 0.05) is 30.2 Å². The number of guanidine groups is 1. The van der Waals surface area contributed by atoms with Gasteiger partial charge in [0.1, 0.15) is 18.1 Å². The molecule has 1 saturated heterocycles. The summed E-state index contributed by atoms with van der Waals surface area (Å²) in [7, 11) is 0. The number of carbonyl (C=O) groups excluding carboxylic acids is 3. The molecule has 0 bridgehead atoms. The van der Waals surface area contributed by atoms with E-state index in [0.717, 1.165) is 21.4 Å². The summed E-state index contributed by atoms with van der Waals surface area (Å²) in [5.41, 5.74) is 18.6. The van der Waals surface area contributed by atoms with Gasteiger partial charge in [-0.2, -0.15) is 0 Å². The SMILES string of the molecule is NC(N)=NCCCC(NC(=O)C(N)Cc1c[nH]c2ccccc12)C(=O)NC(CC(=O)O)C(=O)N1CCCC1C(=O)O. The van der Waals surface area contributed by atoms with Crippen molar-refractivity contribution in [3.05, 3.63) is 36.0 Å². The van der Waals surface area contributed by atoms with Gasteiger partial charge in [-0.15, -0.1) is 0 Å². The van der Waals surface area contributed by atoms with Gasteiger partial charge >= 0.3 is 11.9 Å². The molecule has 1 aromatic carbocycles. The van der Waals surface area contributed by atoms with Crippen molar-refractivity contribution in [3.8, 4) is 0 Å². The predicted molar refractivity (Wildman–Crippen MR) is 148 cm³/mol. The molecule has 2 heterocycles. The van der Waals surface area contributed by atoms with Crippen LogP contribution in [0.15, 0.2) is 35.5 Å². The molecule has 11 N–H and O–H groups in total. The molecule has 1 fully saturated rings. The minimum atomic E-state index is -1.54. The molecule has 2 aromatic rings. The number of likely N-dealkylation sites (tertiary alicyclic amines) is 1. The molecule has 3 rings (SSSR count). The van der Waals surface area contributed by atoms with Crippen LogP contribution in [0.5, 0.6) is 0 Å². The molecule has 0 spiro atoms. The number of amides is 3. The van der Waals surface area contributed by atoms with E-state index in [1.165, 1.54) is 0 Å². The number of H-pyrrole nitrogens is 1. The topological polar surface area (TPSA) is 259 Å². The van der Waals surface area contributed by atoms with Crippen LogP contribution in [0.3, 0.4) is 0 Å². The molecule has 1 aromatic heterocycles. The van der Waals surface area contributed by atoms with E-state index in [4.69, 9.17) is 17.2 Å². The van der Waals surface area contributed by atoms with Crippen molar-refractivity contribution in [1.29, 1.82) is 0 Å². The van der Waals surface area contributed by atoms with Crippen LogP contribution in [-0.2, 0) is 30.4 Å². The number of fused-ring (bicyclic) bond motifs is 1. The van der Waals surface area contributed by atoms with Crippen molar-refractivity contribution >= 4 is 46.5 Å². The number of nitrogens with zero attached hydrogens (tertiary/aromatic N) is 2. The molecule has 1 aliphatic rings. The Bertz CT molecular complexity index is 1310. The maximum absolute atomic E-state index is 13.3. The zero-order valence-electron chi connectivity index (χ0n) is 22.4. The lowest BCUT2D eigenvalue weighted by molar-refractivity contribution is -0.150. The molecule has 15 heteroatoms. The smallest absolute Gasteiger partial charge is 0.326 e. The Labute approximate surface area is 235 Å². The van der Waals surface area contributed by atoms with E-state index in [9.17, 15) is 34.2 Å². The number of carboxylic acid groups (broad SMARTS) is 2.